The Morgan fingerprint density at radius 2 is 1.71 bits per heavy atom. The van der Waals surface area contributed by atoms with Crippen molar-refractivity contribution >= 4 is 36.5 Å². The van der Waals surface area contributed by atoms with Gasteiger partial charge >= 0.3 is 6.18 Å². The molecule has 2 heterocycles. The van der Waals surface area contributed by atoms with Crippen LogP contribution in [0.4, 0.5) is 32.2 Å². The third-order valence-corrected chi connectivity index (χ3v) is 4.65. The number of hydrogen-bond donors (Lipinski definition) is 2. The molecular formula is C17H19Cl2F6N5O. The molecule has 2 aromatic rings. The first kappa shape index (κ1) is 26.9. The fourth-order valence-corrected chi connectivity index (χ4v) is 3.25. The minimum atomic E-state index is -4.67. The Morgan fingerprint density at radius 1 is 1.10 bits per heavy atom. The Morgan fingerprint density at radius 3 is 2.32 bits per heavy atom. The molecule has 4 N–H and O–H groups in total. The average molecular weight is 494 g/mol. The summed E-state index contributed by atoms with van der Waals surface area (Å²) in [6.07, 6.45) is -5.16. The molecular weight excluding hydrogens is 475 g/mol. The highest BCUT2D eigenvalue weighted by Crippen LogP contribution is 2.33. The molecule has 0 radical (unpaired) electrons. The van der Waals surface area contributed by atoms with Gasteiger partial charge in [-0.15, -0.1) is 24.8 Å². The van der Waals surface area contributed by atoms with Gasteiger partial charge in [0.05, 0.1) is 12.2 Å². The zero-order valence-electron chi connectivity index (χ0n) is 15.8. The summed E-state index contributed by atoms with van der Waals surface area (Å²) >= 11 is 0. The molecule has 0 spiro atoms. The molecule has 1 aromatic heterocycles. The van der Waals surface area contributed by atoms with E-state index in [4.69, 9.17) is 11.5 Å². The van der Waals surface area contributed by atoms with Crippen molar-refractivity contribution in [3.63, 3.8) is 0 Å². The first-order valence-electron chi connectivity index (χ1n) is 8.56. The number of nitrogens with zero attached hydrogens (tertiary/aromatic N) is 3. The van der Waals surface area contributed by atoms with Crippen molar-refractivity contribution in [1.29, 1.82) is 0 Å². The number of rotatable bonds is 4. The molecule has 6 nitrogen and oxygen atoms in total. The Balaban J connectivity index is 0.00000240. The summed E-state index contributed by atoms with van der Waals surface area (Å²) in [5, 5.41) is 0. The van der Waals surface area contributed by atoms with Crippen LogP contribution in [0.2, 0.25) is 0 Å². The van der Waals surface area contributed by atoms with Crippen molar-refractivity contribution in [3.05, 3.63) is 46.7 Å². The fourth-order valence-electron chi connectivity index (χ4n) is 3.25. The van der Waals surface area contributed by atoms with Crippen molar-refractivity contribution in [1.82, 2.24) is 14.5 Å². The molecule has 1 aliphatic heterocycles. The van der Waals surface area contributed by atoms with Gasteiger partial charge in [-0.3, -0.25) is 4.79 Å². The molecule has 0 fully saturated rings. The number of imidazole rings is 1. The first-order chi connectivity index (χ1) is 13.5. The van der Waals surface area contributed by atoms with E-state index in [-0.39, 0.29) is 74.4 Å². The van der Waals surface area contributed by atoms with Gasteiger partial charge in [-0.1, -0.05) is 0 Å². The summed E-state index contributed by atoms with van der Waals surface area (Å²) in [6, 6.07) is 0.164. The minimum absolute atomic E-state index is 0. The van der Waals surface area contributed by atoms with Crippen LogP contribution in [-0.4, -0.2) is 32.9 Å². The third-order valence-electron chi connectivity index (χ3n) is 4.65. The second kappa shape index (κ2) is 9.96. The molecule has 1 aliphatic rings. The molecule has 0 saturated carbocycles. The standard InChI is InChI=1S/C17H17F6N5O.2ClH/c18-10-6-12(20)11(19)4-8(10)3-9(24)5-14(29)27-1-2-28-13(7-27)15(25)26-16(28)17(21,22)23;;/h4,6,9H,1-3,5,7,24-25H2;2*1H. The Hall–Kier alpha value is -2.18. The average Bonchev–Trinajstić information content (AvgIpc) is 2.96. The lowest BCUT2D eigenvalue weighted by atomic mass is 10.0. The van der Waals surface area contributed by atoms with Crippen LogP contribution in [0.3, 0.4) is 0 Å². The van der Waals surface area contributed by atoms with Crippen LogP contribution in [0.1, 0.15) is 23.5 Å². The summed E-state index contributed by atoms with van der Waals surface area (Å²) in [5.74, 6) is -5.48. The number of nitrogen functional groups attached to an aromatic ring is 1. The van der Waals surface area contributed by atoms with Crippen molar-refractivity contribution in [2.24, 2.45) is 5.73 Å². The highest BCUT2D eigenvalue weighted by Gasteiger charge is 2.40. The second-order valence-electron chi connectivity index (χ2n) is 6.76. The van der Waals surface area contributed by atoms with E-state index in [0.29, 0.717) is 12.1 Å². The minimum Gasteiger partial charge on any atom is -0.382 e. The fraction of sp³-hybridized carbons (Fsp3) is 0.412. The van der Waals surface area contributed by atoms with Crippen LogP contribution in [0.15, 0.2) is 12.1 Å². The molecule has 174 valence electrons. The number of hydrogen-bond acceptors (Lipinski definition) is 4. The number of alkyl halides is 3. The van der Waals surface area contributed by atoms with Crippen LogP contribution in [0.25, 0.3) is 0 Å². The summed E-state index contributed by atoms with van der Waals surface area (Å²) in [7, 11) is 0. The van der Waals surface area contributed by atoms with Crippen molar-refractivity contribution in [2.75, 3.05) is 12.3 Å². The third kappa shape index (κ3) is 5.74. The van der Waals surface area contributed by atoms with Crippen molar-refractivity contribution in [3.8, 4) is 0 Å². The van der Waals surface area contributed by atoms with E-state index in [1.165, 1.54) is 4.90 Å². The lowest BCUT2D eigenvalue weighted by Crippen LogP contribution is -2.42. The molecule has 1 unspecified atom stereocenters. The molecule has 0 bridgehead atoms. The largest absolute Gasteiger partial charge is 0.449 e. The summed E-state index contributed by atoms with van der Waals surface area (Å²) in [4.78, 5) is 17.1. The van der Waals surface area contributed by atoms with E-state index in [1.807, 2.05) is 0 Å². The van der Waals surface area contributed by atoms with E-state index in [1.54, 1.807) is 0 Å². The van der Waals surface area contributed by atoms with Crippen LogP contribution >= 0.6 is 24.8 Å². The topological polar surface area (TPSA) is 90.2 Å². The molecule has 1 aromatic carbocycles. The highest BCUT2D eigenvalue weighted by atomic mass is 35.5. The molecule has 1 atom stereocenters. The number of fused-ring (bicyclic) bond motifs is 1. The van der Waals surface area contributed by atoms with Gasteiger partial charge in [0.2, 0.25) is 11.7 Å². The smallest absolute Gasteiger partial charge is 0.382 e. The van der Waals surface area contributed by atoms with Gasteiger partial charge in [-0.05, 0) is 18.1 Å². The monoisotopic (exact) mass is 493 g/mol. The van der Waals surface area contributed by atoms with Crippen LogP contribution in [-0.2, 0) is 30.5 Å². The summed E-state index contributed by atoms with van der Waals surface area (Å²) in [5.41, 5.74) is 11.3. The van der Waals surface area contributed by atoms with Crippen molar-refractivity contribution in [2.45, 2.75) is 38.1 Å². The molecule has 0 aliphatic carbocycles. The van der Waals surface area contributed by atoms with Gasteiger partial charge in [0.1, 0.15) is 11.6 Å². The zero-order chi connectivity index (χ0) is 21.5. The van der Waals surface area contributed by atoms with Crippen LogP contribution in [0.5, 0.6) is 0 Å². The van der Waals surface area contributed by atoms with Crippen molar-refractivity contribution < 1.29 is 31.1 Å². The maximum absolute atomic E-state index is 13.7. The van der Waals surface area contributed by atoms with E-state index in [2.05, 4.69) is 4.98 Å². The SMILES string of the molecule is Cl.Cl.Nc1nc(C(F)(F)F)n2c1CN(C(=O)CC(N)Cc1cc(F)c(F)cc1F)CC2. The number of aromatic nitrogens is 2. The van der Waals surface area contributed by atoms with Crippen LogP contribution in [0, 0.1) is 17.5 Å². The number of carbonyl (C=O) groups is 1. The summed E-state index contributed by atoms with van der Waals surface area (Å²) in [6.45, 7) is -0.343. The maximum Gasteiger partial charge on any atom is 0.449 e. The Kier molecular flexibility index (Phi) is 8.63. The predicted octanol–water partition coefficient (Wildman–Crippen LogP) is 3.05. The molecule has 0 saturated heterocycles. The maximum atomic E-state index is 13.7. The van der Waals surface area contributed by atoms with E-state index in [9.17, 15) is 31.1 Å². The normalized spacial score (nSPS) is 14.4. The number of benzene rings is 1. The number of anilines is 1. The van der Waals surface area contributed by atoms with Gasteiger partial charge < -0.3 is 20.9 Å². The van der Waals surface area contributed by atoms with E-state index in [0.717, 1.165) is 4.57 Å². The van der Waals surface area contributed by atoms with Gasteiger partial charge in [0, 0.05) is 31.6 Å². The quantitative estimate of drug-likeness (QED) is 0.505. The summed E-state index contributed by atoms with van der Waals surface area (Å²) < 4.78 is 79.9. The second-order valence-corrected chi connectivity index (χ2v) is 6.76. The predicted molar refractivity (Wildman–Crippen MR) is 104 cm³/mol. The zero-order valence-corrected chi connectivity index (χ0v) is 17.4. The Labute approximate surface area is 185 Å². The first-order valence-corrected chi connectivity index (χ1v) is 8.56. The van der Waals surface area contributed by atoms with E-state index >= 15 is 0 Å². The molecule has 14 heteroatoms. The lowest BCUT2D eigenvalue weighted by molar-refractivity contribution is -0.148. The van der Waals surface area contributed by atoms with E-state index < -0.39 is 41.4 Å². The van der Waals surface area contributed by atoms with Crippen LogP contribution < -0.4 is 11.5 Å². The van der Waals surface area contributed by atoms with Gasteiger partial charge in [-0.25, -0.2) is 18.2 Å². The van der Waals surface area contributed by atoms with Gasteiger partial charge in [-0.2, -0.15) is 13.2 Å². The molecule has 31 heavy (non-hydrogen) atoms. The number of halogens is 8. The Bertz CT molecular complexity index is 952. The highest BCUT2D eigenvalue weighted by molar-refractivity contribution is 5.85. The van der Waals surface area contributed by atoms with Gasteiger partial charge in [0.15, 0.2) is 11.6 Å². The molecule has 1 amide bonds. The molecule has 3 rings (SSSR count). The number of carbonyl (C=O) groups excluding carboxylic acids is 1. The lowest BCUT2D eigenvalue weighted by Gasteiger charge is -2.30. The number of amides is 1. The number of nitrogens with two attached hydrogens (primary N) is 2. The van der Waals surface area contributed by atoms with Gasteiger partial charge in [0.25, 0.3) is 0 Å².